The zero-order valence-corrected chi connectivity index (χ0v) is 11.6. The maximum absolute atomic E-state index is 5.92. The van der Waals surface area contributed by atoms with Crippen LogP contribution in [-0.2, 0) is 6.61 Å². The van der Waals surface area contributed by atoms with Crippen LogP contribution in [0.15, 0.2) is 24.3 Å². The Kier molecular flexibility index (Phi) is 4.04. The van der Waals surface area contributed by atoms with E-state index in [9.17, 15) is 0 Å². The van der Waals surface area contributed by atoms with E-state index in [4.69, 9.17) is 27.9 Å². The minimum absolute atomic E-state index is 0.266. The van der Waals surface area contributed by atoms with Crippen molar-refractivity contribution in [1.82, 2.24) is 9.97 Å². The minimum Gasteiger partial charge on any atom is -0.485 e. The molecule has 1 aromatic carbocycles. The number of halogens is 2. The molecule has 0 saturated carbocycles. The van der Waals surface area contributed by atoms with Crippen LogP contribution in [0.4, 0.5) is 0 Å². The van der Waals surface area contributed by atoms with Crippen LogP contribution >= 0.6 is 23.2 Å². The second kappa shape index (κ2) is 5.55. The molecule has 0 radical (unpaired) electrons. The number of benzene rings is 1. The second-order valence-electron chi connectivity index (χ2n) is 3.95. The minimum atomic E-state index is 0.266. The van der Waals surface area contributed by atoms with Gasteiger partial charge in [0.05, 0.1) is 0 Å². The third-order valence-electron chi connectivity index (χ3n) is 2.38. The molecule has 1 aromatic heterocycles. The van der Waals surface area contributed by atoms with Gasteiger partial charge in [-0.25, -0.2) is 9.97 Å². The molecule has 0 N–H and O–H groups in total. The second-order valence-corrected chi connectivity index (χ2v) is 4.77. The summed E-state index contributed by atoms with van der Waals surface area (Å²) in [4.78, 5) is 8.35. The predicted octanol–water partition coefficient (Wildman–Crippen LogP) is 3.98. The average molecular weight is 283 g/mol. The van der Waals surface area contributed by atoms with Gasteiger partial charge in [-0.1, -0.05) is 29.3 Å². The van der Waals surface area contributed by atoms with Gasteiger partial charge in [0.25, 0.3) is 0 Å². The van der Waals surface area contributed by atoms with Crippen molar-refractivity contribution in [2.24, 2.45) is 0 Å². The van der Waals surface area contributed by atoms with Crippen molar-refractivity contribution in [3.8, 4) is 5.75 Å². The molecule has 0 spiro atoms. The van der Waals surface area contributed by atoms with Crippen molar-refractivity contribution in [2.75, 3.05) is 0 Å². The summed E-state index contributed by atoms with van der Waals surface area (Å²) < 4.78 is 5.65. The lowest BCUT2D eigenvalue weighted by Crippen LogP contribution is -2.03. The molecule has 5 heteroatoms. The third kappa shape index (κ3) is 3.34. The molecule has 0 aliphatic carbocycles. The first-order valence-electron chi connectivity index (χ1n) is 5.43. The molecular formula is C13H12Cl2N2O. The number of hydrogen-bond acceptors (Lipinski definition) is 3. The Hall–Kier alpha value is -1.32. The van der Waals surface area contributed by atoms with E-state index in [1.807, 2.05) is 26.0 Å². The first-order valence-corrected chi connectivity index (χ1v) is 6.19. The Morgan fingerprint density at radius 3 is 2.61 bits per heavy atom. The molecule has 0 bridgehead atoms. The maximum atomic E-state index is 5.92. The summed E-state index contributed by atoms with van der Waals surface area (Å²) >= 11 is 11.8. The molecule has 0 saturated heterocycles. The van der Waals surface area contributed by atoms with Crippen LogP contribution in [0.5, 0.6) is 5.75 Å². The highest BCUT2D eigenvalue weighted by Gasteiger charge is 2.04. The quantitative estimate of drug-likeness (QED) is 0.799. The van der Waals surface area contributed by atoms with E-state index in [0.717, 1.165) is 17.0 Å². The zero-order valence-electron chi connectivity index (χ0n) is 10.1. The third-order valence-corrected chi connectivity index (χ3v) is 2.80. The molecule has 1 heterocycles. The fraction of sp³-hybridized carbons (Fsp3) is 0.231. The molecule has 3 nitrogen and oxygen atoms in total. The molecular weight excluding hydrogens is 271 g/mol. The van der Waals surface area contributed by atoms with Gasteiger partial charge in [-0.15, -0.1) is 0 Å². The summed E-state index contributed by atoms with van der Waals surface area (Å²) in [7, 11) is 0. The van der Waals surface area contributed by atoms with Crippen LogP contribution in [0.3, 0.4) is 0 Å². The molecule has 0 fully saturated rings. The molecule has 2 aromatic rings. The number of ether oxygens (including phenoxy) is 1. The fourth-order valence-corrected chi connectivity index (χ4v) is 1.94. The number of aryl methyl sites for hydroxylation is 2. The molecule has 18 heavy (non-hydrogen) atoms. The van der Waals surface area contributed by atoms with E-state index in [-0.39, 0.29) is 6.61 Å². The monoisotopic (exact) mass is 282 g/mol. The summed E-state index contributed by atoms with van der Waals surface area (Å²) in [6.07, 6.45) is 0. The number of aromatic nitrogens is 2. The SMILES string of the molecule is Cc1cc(Cl)nc(COc2cc(Cl)ccc2C)n1. The van der Waals surface area contributed by atoms with Gasteiger partial charge < -0.3 is 4.74 Å². The van der Waals surface area contributed by atoms with E-state index in [0.29, 0.717) is 16.0 Å². The van der Waals surface area contributed by atoms with Crippen LogP contribution in [0.2, 0.25) is 10.2 Å². The fourth-order valence-electron chi connectivity index (χ4n) is 1.53. The Morgan fingerprint density at radius 1 is 1.11 bits per heavy atom. The van der Waals surface area contributed by atoms with E-state index >= 15 is 0 Å². The predicted molar refractivity (Wildman–Crippen MR) is 72.3 cm³/mol. The van der Waals surface area contributed by atoms with Crippen molar-refractivity contribution in [3.05, 3.63) is 51.5 Å². The van der Waals surface area contributed by atoms with E-state index in [2.05, 4.69) is 9.97 Å². The number of rotatable bonds is 3. The van der Waals surface area contributed by atoms with Crippen molar-refractivity contribution in [3.63, 3.8) is 0 Å². The van der Waals surface area contributed by atoms with Gasteiger partial charge in [-0.3, -0.25) is 0 Å². The topological polar surface area (TPSA) is 35.0 Å². The van der Waals surface area contributed by atoms with Crippen LogP contribution in [0, 0.1) is 13.8 Å². The molecule has 0 amide bonds. The first-order chi connectivity index (χ1) is 8.54. The molecule has 0 aliphatic rings. The maximum Gasteiger partial charge on any atom is 0.167 e. The molecule has 2 rings (SSSR count). The summed E-state index contributed by atoms with van der Waals surface area (Å²) in [6.45, 7) is 4.08. The smallest absolute Gasteiger partial charge is 0.167 e. The van der Waals surface area contributed by atoms with Crippen molar-refractivity contribution >= 4 is 23.2 Å². The van der Waals surface area contributed by atoms with Gasteiger partial charge in [0.2, 0.25) is 0 Å². The standard InChI is InChI=1S/C13H12Cl2N2O/c1-8-3-4-10(14)6-11(8)18-7-13-16-9(2)5-12(15)17-13/h3-6H,7H2,1-2H3. The van der Waals surface area contributed by atoms with Crippen LogP contribution in [-0.4, -0.2) is 9.97 Å². The Labute approximate surface area is 116 Å². The van der Waals surface area contributed by atoms with Gasteiger partial charge in [0.15, 0.2) is 5.82 Å². The summed E-state index contributed by atoms with van der Waals surface area (Å²) in [6, 6.07) is 7.20. The summed E-state index contributed by atoms with van der Waals surface area (Å²) in [5.74, 6) is 1.28. The average Bonchev–Trinajstić information content (AvgIpc) is 2.29. The highest BCUT2D eigenvalue weighted by atomic mass is 35.5. The molecule has 94 valence electrons. The zero-order chi connectivity index (χ0) is 13.1. The lowest BCUT2D eigenvalue weighted by molar-refractivity contribution is 0.293. The lowest BCUT2D eigenvalue weighted by Gasteiger charge is -2.09. The summed E-state index contributed by atoms with van der Waals surface area (Å²) in [5.41, 5.74) is 1.83. The van der Waals surface area contributed by atoms with E-state index in [1.165, 1.54) is 0 Å². The Morgan fingerprint density at radius 2 is 1.89 bits per heavy atom. The van der Waals surface area contributed by atoms with Gasteiger partial charge in [-0.05, 0) is 37.6 Å². The van der Waals surface area contributed by atoms with Gasteiger partial charge in [0, 0.05) is 10.7 Å². The summed E-state index contributed by atoms with van der Waals surface area (Å²) in [5, 5.41) is 1.06. The van der Waals surface area contributed by atoms with Crippen LogP contribution in [0.25, 0.3) is 0 Å². The largest absolute Gasteiger partial charge is 0.485 e. The lowest BCUT2D eigenvalue weighted by atomic mass is 10.2. The van der Waals surface area contributed by atoms with Crippen molar-refractivity contribution < 1.29 is 4.74 Å². The Balaban J connectivity index is 2.13. The molecule has 0 aliphatic heterocycles. The van der Waals surface area contributed by atoms with E-state index < -0.39 is 0 Å². The van der Waals surface area contributed by atoms with Gasteiger partial charge in [-0.2, -0.15) is 0 Å². The molecule has 0 atom stereocenters. The first kappa shape index (κ1) is 13.1. The van der Waals surface area contributed by atoms with Gasteiger partial charge >= 0.3 is 0 Å². The van der Waals surface area contributed by atoms with E-state index in [1.54, 1.807) is 12.1 Å². The van der Waals surface area contributed by atoms with Crippen molar-refractivity contribution in [1.29, 1.82) is 0 Å². The Bertz CT molecular complexity index is 553. The van der Waals surface area contributed by atoms with Crippen LogP contribution < -0.4 is 4.74 Å². The van der Waals surface area contributed by atoms with Gasteiger partial charge in [0.1, 0.15) is 17.5 Å². The van der Waals surface area contributed by atoms with Crippen LogP contribution in [0.1, 0.15) is 17.1 Å². The highest BCUT2D eigenvalue weighted by molar-refractivity contribution is 6.30. The van der Waals surface area contributed by atoms with Crippen molar-refractivity contribution in [2.45, 2.75) is 20.5 Å². The molecule has 0 unspecified atom stereocenters. The normalized spacial score (nSPS) is 10.4. The highest BCUT2D eigenvalue weighted by Crippen LogP contribution is 2.23. The number of nitrogens with zero attached hydrogens (tertiary/aromatic N) is 2. The number of hydrogen-bond donors (Lipinski definition) is 0.